The van der Waals surface area contributed by atoms with Crippen LogP contribution in [0.25, 0.3) is 0 Å². The highest BCUT2D eigenvalue weighted by atomic mass is 32.1. The number of nitrogens with two attached hydrogens (primary N) is 1. The predicted octanol–water partition coefficient (Wildman–Crippen LogP) is 1.60. The van der Waals surface area contributed by atoms with Gasteiger partial charge < -0.3 is 10.6 Å². The van der Waals surface area contributed by atoms with Crippen LogP contribution >= 0.6 is 12.2 Å². The second kappa shape index (κ2) is 7.48. The Morgan fingerprint density at radius 1 is 1.50 bits per heavy atom. The molecular weight excluding hydrogens is 244 g/mol. The maximum absolute atomic E-state index is 5.58. The van der Waals surface area contributed by atoms with Gasteiger partial charge in [-0.1, -0.05) is 26.1 Å². The van der Waals surface area contributed by atoms with Gasteiger partial charge in [-0.15, -0.1) is 0 Å². The largest absolute Gasteiger partial charge is 0.393 e. The van der Waals surface area contributed by atoms with Crippen molar-refractivity contribution in [3.63, 3.8) is 0 Å². The molecule has 1 aromatic rings. The third-order valence-electron chi connectivity index (χ3n) is 2.90. The fraction of sp³-hybridized carbons (Fsp3) is 0.692. The summed E-state index contributed by atoms with van der Waals surface area (Å²) in [7, 11) is 1.98. The minimum absolute atomic E-state index is 0.601. The summed E-state index contributed by atoms with van der Waals surface area (Å²) in [5.41, 5.74) is 6.84. The van der Waals surface area contributed by atoms with Crippen LogP contribution in [0.1, 0.15) is 26.0 Å². The van der Waals surface area contributed by atoms with Crippen LogP contribution in [-0.2, 0) is 13.5 Å². The number of rotatable bonds is 8. The Morgan fingerprint density at radius 2 is 2.22 bits per heavy atom. The molecule has 0 bridgehead atoms. The molecule has 5 heteroatoms. The van der Waals surface area contributed by atoms with Crippen molar-refractivity contribution in [1.29, 1.82) is 0 Å². The molecule has 0 spiro atoms. The van der Waals surface area contributed by atoms with Gasteiger partial charge in [0.25, 0.3) is 0 Å². The van der Waals surface area contributed by atoms with E-state index in [1.54, 1.807) is 0 Å². The summed E-state index contributed by atoms with van der Waals surface area (Å²) in [5, 5.41) is 4.19. The molecule has 0 radical (unpaired) electrons. The molecule has 0 fully saturated rings. The van der Waals surface area contributed by atoms with Crippen LogP contribution in [0.5, 0.6) is 0 Å². The van der Waals surface area contributed by atoms with E-state index in [0.29, 0.717) is 10.9 Å². The van der Waals surface area contributed by atoms with E-state index in [9.17, 15) is 0 Å². The standard InChI is InChI=1S/C13H24N4S/c1-11(2)10-17(9-6-13(14)18)8-5-12-4-7-15-16(12)3/h4,7,11H,5-6,8-10H2,1-3H3,(H2,14,18). The van der Waals surface area contributed by atoms with Crippen LogP contribution in [0.2, 0.25) is 0 Å². The third kappa shape index (κ3) is 5.60. The molecule has 4 nitrogen and oxygen atoms in total. The quantitative estimate of drug-likeness (QED) is 0.728. The van der Waals surface area contributed by atoms with Crippen LogP contribution in [-0.4, -0.2) is 39.3 Å². The van der Waals surface area contributed by atoms with E-state index in [0.717, 1.165) is 32.5 Å². The first-order chi connectivity index (χ1) is 8.49. The molecule has 1 heterocycles. The molecule has 0 aromatic carbocycles. The van der Waals surface area contributed by atoms with Crippen molar-refractivity contribution in [2.45, 2.75) is 26.7 Å². The molecule has 0 unspecified atom stereocenters. The van der Waals surface area contributed by atoms with Gasteiger partial charge in [0.15, 0.2) is 0 Å². The van der Waals surface area contributed by atoms with Crippen LogP contribution < -0.4 is 5.73 Å². The summed E-state index contributed by atoms with van der Waals surface area (Å²) in [5.74, 6) is 0.655. The maximum atomic E-state index is 5.58. The molecule has 0 aliphatic carbocycles. The van der Waals surface area contributed by atoms with E-state index in [1.807, 2.05) is 17.9 Å². The smallest absolute Gasteiger partial charge is 0.0740 e. The Morgan fingerprint density at radius 3 is 2.72 bits per heavy atom. The summed E-state index contributed by atoms with van der Waals surface area (Å²) >= 11 is 4.95. The average Bonchev–Trinajstić information content (AvgIpc) is 2.67. The lowest BCUT2D eigenvalue weighted by Gasteiger charge is -2.24. The Balaban J connectivity index is 2.45. The number of hydrogen-bond acceptors (Lipinski definition) is 3. The van der Waals surface area contributed by atoms with Gasteiger partial charge in [-0.3, -0.25) is 4.68 Å². The summed E-state index contributed by atoms with van der Waals surface area (Å²) in [6, 6.07) is 2.07. The topological polar surface area (TPSA) is 47.1 Å². The molecule has 0 aliphatic heterocycles. The number of nitrogens with zero attached hydrogens (tertiary/aromatic N) is 3. The number of hydrogen-bond donors (Lipinski definition) is 1. The van der Waals surface area contributed by atoms with Crippen LogP contribution in [0.3, 0.4) is 0 Å². The number of aromatic nitrogens is 2. The van der Waals surface area contributed by atoms with E-state index in [-0.39, 0.29) is 0 Å². The second-order valence-corrected chi connectivity index (χ2v) is 5.63. The van der Waals surface area contributed by atoms with Crippen molar-refractivity contribution in [1.82, 2.24) is 14.7 Å². The fourth-order valence-corrected chi connectivity index (χ4v) is 2.09. The Labute approximate surface area is 115 Å². The molecule has 18 heavy (non-hydrogen) atoms. The monoisotopic (exact) mass is 268 g/mol. The molecule has 2 N–H and O–H groups in total. The lowest BCUT2D eigenvalue weighted by molar-refractivity contribution is 0.252. The predicted molar refractivity (Wildman–Crippen MR) is 79.6 cm³/mol. The van der Waals surface area contributed by atoms with E-state index >= 15 is 0 Å². The lowest BCUT2D eigenvalue weighted by Crippen LogP contribution is -2.33. The molecule has 1 aromatic heterocycles. The van der Waals surface area contributed by atoms with E-state index < -0.39 is 0 Å². The van der Waals surface area contributed by atoms with Crippen LogP contribution in [0.4, 0.5) is 0 Å². The van der Waals surface area contributed by atoms with Gasteiger partial charge >= 0.3 is 0 Å². The zero-order chi connectivity index (χ0) is 13.5. The van der Waals surface area contributed by atoms with Gasteiger partial charge in [-0.2, -0.15) is 5.10 Å². The average molecular weight is 268 g/mol. The van der Waals surface area contributed by atoms with E-state index in [2.05, 4.69) is 29.9 Å². The van der Waals surface area contributed by atoms with Crippen molar-refractivity contribution in [2.24, 2.45) is 18.7 Å². The molecular formula is C13H24N4S. The molecule has 1 rings (SSSR count). The maximum Gasteiger partial charge on any atom is 0.0740 e. The van der Waals surface area contributed by atoms with E-state index in [1.165, 1.54) is 5.69 Å². The Hall–Kier alpha value is -0.940. The van der Waals surface area contributed by atoms with Crippen molar-refractivity contribution in [3.05, 3.63) is 18.0 Å². The minimum Gasteiger partial charge on any atom is -0.393 e. The highest BCUT2D eigenvalue weighted by Gasteiger charge is 2.09. The second-order valence-electron chi connectivity index (χ2n) is 5.11. The lowest BCUT2D eigenvalue weighted by atomic mass is 10.2. The van der Waals surface area contributed by atoms with Crippen molar-refractivity contribution >= 4 is 17.2 Å². The molecule has 0 amide bonds. The molecule has 102 valence electrons. The highest BCUT2D eigenvalue weighted by molar-refractivity contribution is 7.80. The zero-order valence-corrected chi connectivity index (χ0v) is 12.4. The minimum atomic E-state index is 0.601. The zero-order valence-electron chi connectivity index (χ0n) is 11.6. The molecule has 0 atom stereocenters. The summed E-state index contributed by atoms with van der Waals surface area (Å²) in [4.78, 5) is 3.03. The van der Waals surface area contributed by atoms with Gasteiger partial charge in [0.2, 0.25) is 0 Å². The van der Waals surface area contributed by atoms with Crippen LogP contribution in [0, 0.1) is 5.92 Å². The first-order valence-corrected chi connectivity index (χ1v) is 6.87. The summed E-state index contributed by atoms with van der Waals surface area (Å²) < 4.78 is 1.93. The van der Waals surface area contributed by atoms with Crippen molar-refractivity contribution in [3.8, 4) is 0 Å². The molecule has 0 aliphatic rings. The van der Waals surface area contributed by atoms with Gasteiger partial charge in [-0.05, 0) is 12.0 Å². The van der Waals surface area contributed by atoms with Gasteiger partial charge in [0.1, 0.15) is 0 Å². The SMILES string of the molecule is CC(C)CN(CCC(N)=S)CCc1ccnn1C. The first kappa shape index (κ1) is 15.1. The normalized spacial score (nSPS) is 11.4. The highest BCUT2D eigenvalue weighted by Crippen LogP contribution is 2.04. The van der Waals surface area contributed by atoms with Crippen molar-refractivity contribution in [2.75, 3.05) is 19.6 Å². The van der Waals surface area contributed by atoms with Gasteiger partial charge in [-0.25, -0.2) is 0 Å². The fourth-order valence-electron chi connectivity index (χ4n) is 2.00. The van der Waals surface area contributed by atoms with E-state index in [4.69, 9.17) is 18.0 Å². The van der Waals surface area contributed by atoms with Gasteiger partial charge in [0.05, 0.1) is 4.99 Å². The molecule has 0 saturated carbocycles. The Bertz CT molecular complexity index is 373. The van der Waals surface area contributed by atoms with Crippen molar-refractivity contribution < 1.29 is 0 Å². The van der Waals surface area contributed by atoms with Gasteiger partial charge in [0, 0.05) is 51.4 Å². The molecule has 0 saturated heterocycles. The summed E-state index contributed by atoms with van der Waals surface area (Å²) in [6.45, 7) is 7.53. The number of thiocarbonyl (C=S) groups is 1. The third-order valence-corrected chi connectivity index (χ3v) is 3.11. The Kier molecular flexibility index (Phi) is 6.29. The van der Waals surface area contributed by atoms with Crippen LogP contribution in [0.15, 0.2) is 12.3 Å². The first-order valence-electron chi connectivity index (χ1n) is 6.46. The number of aryl methyl sites for hydroxylation is 1. The summed E-state index contributed by atoms with van der Waals surface area (Å²) in [6.07, 6.45) is 3.66.